The third kappa shape index (κ3) is 7.49. The summed E-state index contributed by atoms with van der Waals surface area (Å²) in [5, 5.41) is 2.79. The average molecular weight is 295 g/mol. The van der Waals surface area contributed by atoms with Crippen LogP contribution in [0.5, 0.6) is 0 Å². The quantitative estimate of drug-likeness (QED) is 0.466. The van der Waals surface area contributed by atoms with Crippen LogP contribution in [0.2, 0.25) is 0 Å². The van der Waals surface area contributed by atoms with Gasteiger partial charge < -0.3 is 9.80 Å². The molecule has 0 radical (unpaired) electrons. The van der Waals surface area contributed by atoms with Gasteiger partial charge in [-0.2, -0.15) is 8.42 Å². The molecule has 0 aliphatic rings. The Bertz CT molecular complexity index is 364. The highest BCUT2D eigenvalue weighted by Crippen LogP contribution is 2.08. The molecule has 6 nitrogen and oxygen atoms in total. The predicted octanol–water partition coefficient (Wildman–Crippen LogP) is 0.345. The van der Waals surface area contributed by atoms with Crippen LogP contribution in [-0.4, -0.2) is 64.4 Å². The lowest BCUT2D eigenvalue weighted by Gasteiger charge is -2.37. The Hall–Kier alpha value is -0.660. The number of carbonyl (C=O) groups excluding carboxylic acids is 1. The molecule has 0 fully saturated rings. The number of hydrogen-bond donors (Lipinski definition) is 1. The second-order valence-corrected chi connectivity index (χ2v) is 6.54. The number of likely N-dealkylation sites (N-methyl/N-ethyl adjacent to an activating group) is 1. The summed E-state index contributed by atoms with van der Waals surface area (Å²) in [6, 6.07) is 0. The van der Waals surface area contributed by atoms with Crippen LogP contribution in [0.3, 0.4) is 0 Å². The SMILES string of the molecule is CC[N+](CC)(CCCS(=O)(=O)OC)CCNC(C)=O. The minimum atomic E-state index is -3.37. The monoisotopic (exact) mass is 295 g/mol. The van der Waals surface area contributed by atoms with E-state index in [1.807, 2.05) is 0 Å². The highest BCUT2D eigenvalue weighted by molar-refractivity contribution is 7.86. The molecule has 0 rings (SSSR count). The van der Waals surface area contributed by atoms with Crippen molar-refractivity contribution in [3.63, 3.8) is 0 Å². The summed E-state index contributed by atoms with van der Waals surface area (Å²) in [4.78, 5) is 10.9. The number of amides is 1. The van der Waals surface area contributed by atoms with Gasteiger partial charge in [-0.25, -0.2) is 0 Å². The zero-order chi connectivity index (χ0) is 14.9. The van der Waals surface area contributed by atoms with E-state index < -0.39 is 10.1 Å². The maximum absolute atomic E-state index is 11.3. The number of rotatable bonds is 10. The number of nitrogens with one attached hydrogen (secondary N) is 1. The Kier molecular flexibility index (Phi) is 8.20. The van der Waals surface area contributed by atoms with Gasteiger partial charge in [0, 0.05) is 13.3 Å². The lowest BCUT2D eigenvalue weighted by molar-refractivity contribution is -0.923. The molecule has 114 valence electrons. The number of carbonyl (C=O) groups is 1. The van der Waals surface area contributed by atoms with E-state index in [2.05, 4.69) is 23.3 Å². The van der Waals surface area contributed by atoms with Crippen LogP contribution in [0.4, 0.5) is 0 Å². The third-order valence-corrected chi connectivity index (χ3v) is 4.88. The smallest absolute Gasteiger partial charge is 0.267 e. The summed E-state index contributed by atoms with van der Waals surface area (Å²) in [5.41, 5.74) is 0. The summed E-state index contributed by atoms with van der Waals surface area (Å²) in [6.45, 7) is 9.72. The van der Waals surface area contributed by atoms with Gasteiger partial charge in [-0.05, 0) is 13.8 Å². The van der Waals surface area contributed by atoms with Crippen molar-refractivity contribution < 1.29 is 21.9 Å². The van der Waals surface area contributed by atoms with Crippen LogP contribution in [0.25, 0.3) is 0 Å². The van der Waals surface area contributed by atoms with Gasteiger partial charge in [0.05, 0.1) is 45.6 Å². The molecular weight excluding hydrogens is 268 g/mol. The third-order valence-electron chi connectivity index (χ3n) is 3.58. The minimum absolute atomic E-state index is 0.0349. The number of nitrogens with zero attached hydrogens (tertiary/aromatic N) is 1. The zero-order valence-electron chi connectivity index (χ0n) is 12.4. The van der Waals surface area contributed by atoms with Crippen LogP contribution >= 0.6 is 0 Å². The van der Waals surface area contributed by atoms with Crippen LogP contribution in [0.15, 0.2) is 0 Å². The molecule has 19 heavy (non-hydrogen) atoms. The molecule has 0 spiro atoms. The van der Waals surface area contributed by atoms with Gasteiger partial charge in [0.1, 0.15) is 0 Å². The van der Waals surface area contributed by atoms with E-state index in [1.165, 1.54) is 14.0 Å². The largest absolute Gasteiger partial charge is 0.351 e. The molecule has 1 amide bonds. The Balaban J connectivity index is 4.33. The van der Waals surface area contributed by atoms with Gasteiger partial charge in [-0.15, -0.1) is 0 Å². The second kappa shape index (κ2) is 8.50. The first-order chi connectivity index (χ1) is 8.81. The van der Waals surface area contributed by atoms with Crippen LogP contribution in [0.1, 0.15) is 27.2 Å². The van der Waals surface area contributed by atoms with E-state index in [0.717, 1.165) is 30.7 Å². The van der Waals surface area contributed by atoms with Gasteiger partial charge in [0.15, 0.2) is 0 Å². The molecule has 0 bridgehead atoms. The van der Waals surface area contributed by atoms with Gasteiger partial charge in [0.2, 0.25) is 5.91 Å². The molecular formula is C12H27N2O4S+. The molecule has 0 aromatic rings. The summed E-state index contributed by atoms with van der Waals surface area (Å²) in [5.74, 6) is 0.0103. The zero-order valence-corrected chi connectivity index (χ0v) is 13.3. The molecule has 7 heteroatoms. The van der Waals surface area contributed by atoms with Crippen LogP contribution in [0, 0.1) is 0 Å². The van der Waals surface area contributed by atoms with Crippen LogP contribution < -0.4 is 5.32 Å². The van der Waals surface area contributed by atoms with Crippen molar-refractivity contribution in [2.45, 2.75) is 27.2 Å². The molecule has 0 aromatic carbocycles. The lowest BCUT2D eigenvalue weighted by atomic mass is 10.3. The van der Waals surface area contributed by atoms with Crippen molar-refractivity contribution >= 4 is 16.0 Å². The first-order valence-corrected chi connectivity index (χ1v) is 8.26. The molecule has 0 aromatic heterocycles. The summed E-state index contributed by atoms with van der Waals surface area (Å²) >= 11 is 0. The molecule has 0 heterocycles. The Morgan fingerprint density at radius 3 is 2.21 bits per heavy atom. The molecule has 0 atom stereocenters. The second-order valence-electron chi connectivity index (χ2n) is 4.69. The van der Waals surface area contributed by atoms with Crippen LogP contribution in [-0.2, 0) is 19.1 Å². The first kappa shape index (κ1) is 18.3. The topological polar surface area (TPSA) is 72.5 Å². The molecule has 0 saturated heterocycles. The standard InChI is InChI=1S/C12H26N2O4S/c1-5-14(6-2,10-8-13-12(3)15)9-7-11-19(16,17)18-4/h5-11H2,1-4H3/p+1. The lowest BCUT2D eigenvalue weighted by Crippen LogP contribution is -2.52. The van der Waals surface area contributed by atoms with E-state index >= 15 is 0 Å². The Labute approximate surface area is 116 Å². The predicted molar refractivity (Wildman–Crippen MR) is 75.2 cm³/mol. The van der Waals surface area contributed by atoms with Gasteiger partial charge in [-0.1, -0.05) is 0 Å². The van der Waals surface area contributed by atoms with Crippen molar-refractivity contribution in [3.8, 4) is 0 Å². The minimum Gasteiger partial charge on any atom is -0.351 e. The number of quaternary nitrogens is 1. The molecule has 0 unspecified atom stereocenters. The Morgan fingerprint density at radius 1 is 1.21 bits per heavy atom. The fraction of sp³-hybridized carbons (Fsp3) is 0.917. The fourth-order valence-corrected chi connectivity index (χ4v) is 2.75. The van der Waals surface area contributed by atoms with Crippen molar-refractivity contribution in [2.75, 3.05) is 45.6 Å². The van der Waals surface area contributed by atoms with E-state index in [4.69, 9.17) is 0 Å². The highest BCUT2D eigenvalue weighted by atomic mass is 32.2. The molecule has 1 N–H and O–H groups in total. The van der Waals surface area contributed by atoms with E-state index in [-0.39, 0.29) is 11.7 Å². The van der Waals surface area contributed by atoms with E-state index in [1.54, 1.807) is 0 Å². The van der Waals surface area contributed by atoms with Crippen molar-refractivity contribution in [1.82, 2.24) is 5.32 Å². The molecule has 0 saturated carbocycles. The Morgan fingerprint density at radius 2 is 1.79 bits per heavy atom. The van der Waals surface area contributed by atoms with Crippen molar-refractivity contribution in [2.24, 2.45) is 0 Å². The highest BCUT2D eigenvalue weighted by Gasteiger charge is 2.23. The van der Waals surface area contributed by atoms with Gasteiger partial charge in [0.25, 0.3) is 10.1 Å². The fourth-order valence-electron chi connectivity index (χ4n) is 2.10. The summed E-state index contributed by atoms with van der Waals surface area (Å²) < 4.78 is 27.8. The molecule has 0 aliphatic heterocycles. The van der Waals surface area contributed by atoms with Gasteiger partial charge in [-0.3, -0.25) is 8.98 Å². The average Bonchev–Trinajstić information content (AvgIpc) is 2.36. The maximum Gasteiger partial charge on any atom is 0.267 e. The van der Waals surface area contributed by atoms with Gasteiger partial charge >= 0.3 is 0 Å². The number of hydrogen-bond acceptors (Lipinski definition) is 4. The van der Waals surface area contributed by atoms with Crippen molar-refractivity contribution in [1.29, 1.82) is 0 Å². The van der Waals surface area contributed by atoms with Crippen molar-refractivity contribution in [3.05, 3.63) is 0 Å². The maximum atomic E-state index is 11.3. The normalized spacial score (nSPS) is 12.4. The molecule has 0 aliphatic carbocycles. The first-order valence-electron chi connectivity index (χ1n) is 6.68. The van der Waals surface area contributed by atoms with E-state index in [9.17, 15) is 13.2 Å². The summed E-state index contributed by atoms with van der Waals surface area (Å²) in [7, 11) is -2.18. The van der Waals surface area contributed by atoms with E-state index in [0.29, 0.717) is 13.0 Å². The summed E-state index contributed by atoms with van der Waals surface area (Å²) in [6.07, 6.45) is 0.567.